The number of hydrogen-bond donors (Lipinski definition) is 0. The van der Waals surface area contributed by atoms with Gasteiger partial charge in [-0.1, -0.05) is 72.3 Å². The predicted molar refractivity (Wildman–Crippen MR) is 80.9 cm³/mol. The number of benzene rings is 2. The van der Waals surface area contributed by atoms with Gasteiger partial charge < -0.3 is 4.74 Å². The third-order valence-corrected chi connectivity index (χ3v) is 2.92. The lowest BCUT2D eigenvalue weighted by Gasteiger charge is -2.02. The maximum atomic E-state index is 7.21. The molecule has 2 aromatic rings. The molecule has 0 unspecified atom stereocenters. The van der Waals surface area contributed by atoms with Crippen molar-refractivity contribution < 1.29 is 4.74 Å². The Hall–Kier alpha value is -2.37. The van der Waals surface area contributed by atoms with E-state index in [0.717, 1.165) is 16.8 Å². The van der Waals surface area contributed by atoms with Gasteiger partial charge in [-0.2, -0.15) is 0 Å². The summed E-state index contributed by atoms with van der Waals surface area (Å²) in [5.74, 6) is 0. The number of allylic oxidation sites excluding steroid dienone is 1. The number of nitrogens with zero attached hydrogens (tertiary/aromatic N) is 1. The van der Waals surface area contributed by atoms with E-state index in [0.29, 0.717) is 19.6 Å². The first-order chi connectivity index (χ1) is 9.88. The van der Waals surface area contributed by atoms with E-state index in [-0.39, 0.29) is 0 Å². The van der Waals surface area contributed by atoms with Crippen LogP contribution in [0.5, 0.6) is 0 Å². The van der Waals surface area contributed by atoms with Gasteiger partial charge in [-0.25, -0.2) is 4.85 Å². The van der Waals surface area contributed by atoms with E-state index in [4.69, 9.17) is 11.3 Å². The van der Waals surface area contributed by atoms with Gasteiger partial charge in [0, 0.05) is 6.42 Å². The van der Waals surface area contributed by atoms with Gasteiger partial charge in [-0.3, -0.25) is 0 Å². The van der Waals surface area contributed by atoms with Crippen molar-refractivity contribution >= 4 is 0 Å². The molecule has 0 spiro atoms. The lowest BCUT2D eigenvalue weighted by Crippen LogP contribution is -1.94. The first kappa shape index (κ1) is 14.0. The molecule has 0 amide bonds. The molecule has 0 N–H and O–H groups in total. The maximum absolute atomic E-state index is 7.21. The molecule has 0 atom stereocenters. The minimum atomic E-state index is 0.472. The highest BCUT2D eigenvalue weighted by atomic mass is 16.5. The fourth-order valence-corrected chi connectivity index (χ4v) is 1.87. The fourth-order valence-electron chi connectivity index (χ4n) is 1.87. The molecule has 0 saturated heterocycles. The van der Waals surface area contributed by atoms with Crippen molar-refractivity contribution in [2.75, 3.05) is 6.61 Å². The van der Waals surface area contributed by atoms with Gasteiger partial charge in [0.25, 0.3) is 0 Å². The van der Waals surface area contributed by atoms with E-state index in [9.17, 15) is 0 Å². The summed E-state index contributed by atoms with van der Waals surface area (Å²) in [5.41, 5.74) is 3.02. The molecular formula is C18H17NO. The third-order valence-electron chi connectivity index (χ3n) is 2.92. The average molecular weight is 263 g/mol. The molecule has 2 nitrogen and oxygen atoms in total. The highest BCUT2D eigenvalue weighted by molar-refractivity contribution is 5.24. The van der Waals surface area contributed by atoms with Crippen molar-refractivity contribution in [3.8, 4) is 0 Å². The molecule has 0 aliphatic rings. The third kappa shape index (κ3) is 4.72. The van der Waals surface area contributed by atoms with Gasteiger partial charge in [-0.05, 0) is 5.56 Å². The molecule has 0 aliphatic carbocycles. The molecule has 2 rings (SSSR count). The van der Waals surface area contributed by atoms with E-state index in [1.807, 2.05) is 66.7 Å². The summed E-state index contributed by atoms with van der Waals surface area (Å²) in [6.07, 6.45) is 2.53. The van der Waals surface area contributed by atoms with Crippen LogP contribution >= 0.6 is 0 Å². The van der Waals surface area contributed by atoms with E-state index in [1.165, 1.54) is 0 Å². The first-order valence-corrected chi connectivity index (χ1v) is 6.60. The minimum Gasteiger partial charge on any atom is -0.374 e. The number of ether oxygens (including phenoxy) is 1. The van der Waals surface area contributed by atoms with Crippen molar-refractivity contribution in [1.82, 2.24) is 0 Å². The van der Waals surface area contributed by atoms with E-state index >= 15 is 0 Å². The van der Waals surface area contributed by atoms with E-state index in [2.05, 4.69) is 4.85 Å². The van der Waals surface area contributed by atoms with Crippen LogP contribution < -0.4 is 0 Å². The van der Waals surface area contributed by atoms with Gasteiger partial charge in [-0.15, -0.1) is 0 Å². The fraction of sp³-hybridized carbons (Fsp3) is 0.167. The van der Waals surface area contributed by atoms with Crippen LogP contribution in [0.25, 0.3) is 4.85 Å². The number of hydrogen-bond acceptors (Lipinski definition) is 1. The van der Waals surface area contributed by atoms with Crippen LogP contribution in [0.4, 0.5) is 0 Å². The zero-order chi connectivity index (χ0) is 14.0. The first-order valence-electron chi connectivity index (χ1n) is 6.60. The Morgan fingerprint density at radius 3 is 2.15 bits per heavy atom. The van der Waals surface area contributed by atoms with Gasteiger partial charge >= 0.3 is 0 Å². The second-order valence-corrected chi connectivity index (χ2v) is 4.47. The normalized spacial score (nSPS) is 11.1. The van der Waals surface area contributed by atoms with Crippen molar-refractivity contribution in [3.05, 3.63) is 95.0 Å². The molecular weight excluding hydrogens is 246 g/mol. The Morgan fingerprint density at radius 1 is 0.950 bits per heavy atom. The van der Waals surface area contributed by atoms with Crippen LogP contribution in [0.15, 0.2) is 72.4 Å². The summed E-state index contributed by atoms with van der Waals surface area (Å²) >= 11 is 0. The maximum Gasteiger partial charge on any atom is 0.168 e. The largest absolute Gasteiger partial charge is 0.374 e. The van der Waals surface area contributed by atoms with Crippen LogP contribution in [0.2, 0.25) is 0 Å². The van der Waals surface area contributed by atoms with Crippen molar-refractivity contribution in [1.29, 1.82) is 0 Å². The molecule has 0 fully saturated rings. The Kier molecular flexibility index (Phi) is 5.57. The molecule has 2 aromatic carbocycles. The molecule has 0 aliphatic heterocycles. The second-order valence-electron chi connectivity index (χ2n) is 4.47. The van der Waals surface area contributed by atoms with Gasteiger partial charge in [0.05, 0.1) is 19.8 Å². The quantitative estimate of drug-likeness (QED) is 0.561. The number of rotatable bonds is 6. The summed E-state index contributed by atoms with van der Waals surface area (Å²) in [4.78, 5) is 3.56. The lowest BCUT2D eigenvalue weighted by molar-refractivity contribution is 0.148. The van der Waals surface area contributed by atoms with Crippen molar-refractivity contribution in [2.45, 2.75) is 13.0 Å². The van der Waals surface area contributed by atoms with Gasteiger partial charge in [0.15, 0.2) is 5.70 Å². The Morgan fingerprint density at radius 2 is 1.55 bits per heavy atom. The van der Waals surface area contributed by atoms with Crippen molar-refractivity contribution in [3.63, 3.8) is 0 Å². The minimum absolute atomic E-state index is 0.472. The molecule has 0 bridgehead atoms. The Labute approximate surface area is 120 Å². The van der Waals surface area contributed by atoms with Gasteiger partial charge in [0.2, 0.25) is 0 Å². The monoisotopic (exact) mass is 263 g/mol. The van der Waals surface area contributed by atoms with Crippen LogP contribution in [0.1, 0.15) is 11.1 Å². The topological polar surface area (TPSA) is 13.6 Å². The van der Waals surface area contributed by atoms with Crippen molar-refractivity contribution in [2.24, 2.45) is 0 Å². The SMILES string of the molecule is [C-]#[N+]/C(=C/COCc1ccccc1)Cc1ccccc1. The molecule has 0 heterocycles. The molecule has 100 valence electrons. The highest BCUT2D eigenvalue weighted by Crippen LogP contribution is 2.09. The predicted octanol–water partition coefficient (Wildman–Crippen LogP) is 4.25. The summed E-state index contributed by atoms with van der Waals surface area (Å²) in [6, 6.07) is 20.1. The molecule has 0 radical (unpaired) electrons. The zero-order valence-electron chi connectivity index (χ0n) is 11.3. The lowest BCUT2D eigenvalue weighted by atomic mass is 10.1. The summed E-state index contributed by atoms with van der Waals surface area (Å²) in [7, 11) is 0. The average Bonchev–Trinajstić information content (AvgIpc) is 2.52. The smallest absolute Gasteiger partial charge is 0.168 e. The van der Waals surface area contributed by atoms with E-state index < -0.39 is 0 Å². The van der Waals surface area contributed by atoms with Crippen LogP contribution in [0, 0.1) is 6.57 Å². The standard InChI is InChI=1S/C18H17NO/c1-19-18(14-16-8-4-2-5-9-16)12-13-20-15-17-10-6-3-7-11-17/h2-12H,13-15H2/b18-12+. The zero-order valence-corrected chi connectivity index (χ0v) is 11.3. The summed E-state index contributed by atoms with van der Waals surface area (Å²) < 4.78 is 5.57. The highest BCUT2D eigenvalue weighted by Gasteiger charge is 1.99. The van der Waals surface area contributed by atoms with Gasteiger partial charge in [0.1, 0.15) is 0 Å². The van der Waals surface area contributed by atoms with Crippen LogP contribution in [-0.4, -0.2) is 6.61 Å². The molecule has 20 heavy (non-hydrogen) atoms. The molecule has 2 heteroatoms. The summed E-state index contributed by atoms with van der Waals surface area (Å²) in [6.45, 7) is 8.26. The Bertz CT molecular complexity index is 582. The van der Waals surface area contributed by atoms with Crippen LogP contribution in [-0.2, 0) is 17.8 Å². The second kappa shape index (κ2) is 7.93. The Balaban J connectivity index is 1.81. The summed E-state index contributed by atoms with van der Waals surface area (Å²) in [5, 5.41) is 0. The van der Waals surface area contributed by atoms with Crippen LogP contribution in [0.3, 0.4) is 0 Å². The molecule has 0 aromatic heterocycles. The van der Waals surface area contributed by atoms with E-state index in [1.54, 1.807) is 0 Å². The molecule has 0 saturated carbocycles.